The topological polar surface area (TPSA) is 39.1 Å². The molecule has 1 aliphatic heterocycles. The van der Waals surface area contributed by atoms with E-state index >= 15 is 0 Å². The van der Waals surface area contributed by atoms with Crippen LogP contribution in [0, 0.1) is 6.92 Å². The van der Waals surface area contributed by atoms with Crippen molar-refractivity contribution in [2.75, 3.05) is 13.2 Å². The Morgan fingerprint density at radius 3 is 2.94 bits per heavy atom. The molecule has 1 fully saturated rings. The second kappa shape index (κ2) is 6.34. The molecule has 2 rings (SSSR count). The van der Waals surface area contributed by atoms with Gasteiger partial charge in [0.1, 0.15) is 0 Å². The van der Waals surface area contributed by atoms with Gasteiger partial charge < -0.3 is 10.1 Å². The molecule has 102 valence electrons. The summed E-state index contributed by atoms with van der Waals surface area (Å²) in [5, 5.41) is 7.95. The first-order valence-corrected chi connectivity index (χ1v) is 7.02. The molecule has 1 saturated heterocycles. The average Bonchev–Trinajstić information content (AvgIpc) is 2.83. The quantitative estimate of drug-likeness (QED) is 0.872. The van der Waals surface area contributed by atoms with E-state index < -0.39 is 0 Å². The van der Waals surface area contributed by atoms with Crippen LogP contribution in [0.2, 0.25) is 0 Å². The van der Waals surface area contributed by atoms with Gasteiger partial charge in [0.2, 0.25) is 0 Å². The number of hydrogen-bond acceptors (Lipinski definition) is 3. The van der Waals surface area contributed by atoms with E-state index in [1.807, 2.05) is 10.9 Å². The summed E-state index contributed by atoms with van der Waals surface area (Å²) in [7, 11) is 0. The summed E-state index contributed by atoms with van der Waals surface area (Å²) in [5.41, 5.74) is 1.21. The van der Waals surface area contributed by atoms with Gasteiger partial charge in [-0.3, -0.25) is 4.68 Å². The van der Waals surface area contributed by atoms with Crippen molar-refractivity contribution in [3.63, 3.8) is 0 Å². The number of rotatable bonds is 5. The Morgan fingerprint density at radius 1 is 1.50 bits per heavy atom. The predicted octanol–water partition coefficient (Wildman–Crippen LogP) is 2.30. The van der Waals surface area contributed by atoms with Gasteiger partial charge in [0.05, 0.1) is 18.3 Å². The van der Waals surface area contributed by atoms with Gasteiger partial charge in [0.15, 0.2) is 0 Å². The van der Waals surface area contributed by atoms with Crippen molar-refractivity contribution in [3.05, 3.63) is 18.0 Å². The lowest BCUT2D eigenvalue weighted by molar-refractivity contribution is 0.0147. The van der Waals surface area contributed by atoms with E-state index in [-0.39, 0.29) is 0 Å². The van der Waals surface area contributed by atoms with Crippen molar-refractivity contribution < 1.29 is 4.74 Å². The predicted molar refractivity (Wildman–Crippen MR) is 72.7 cm³/mol. The van der Waals surface area contributed by atoms with E-state index in [0.29, 0.717) is 18.2 Å². The average molecular weight is 251 g/mol. The molecule has 0 aliphatic carbocycles. The van der Waals surface area contributed by atoms with Crippen molar-refractivity contribution in [1.82, 2.24) is 15.1 Å². The standard InChI is InChI=1S/C14H25N3O/c1-11-8-16-17(10-11)13(3)12(2)15-9-14-6-4-5-7-18-14/h8,10,12-15H,4-7,9H2,1-3H3/t12-,13+,14-/m0/s1. The molecule has 4 nitrogen and oxygen atoms in total. The molecule has 4 heteroatoms. The van der Waals surface area contributed by atoms with Crippen molar-refractivity contribution >= 4 is 0 Å². The molecular weight excluding hydrogens is 226 g/mol. The number of ether oxygens (including phenoxy) is 1. The second-order valence-electron chi connectivity index (χ2n) is 5.42. The minimum atomic E-state index is 0.363. The van der Waals surface area contributed by atoms with Crippen LogP contribution in [0.4, 0.5) is 0 Å². The highest BCUT2D eigenvalue weighted by atomic mass is 16.5. The summed E-state index contributed by atoms with van der Waals surface area (Å²) in [5.74, 6) is 0. The van der Waals surface area contributed by atoms with Crippen molar-refractivity contribution in [3.8, 4) is 0 Å². The maximum absolute atomic E-state index is 5.73. The smallest absolute Gasteiger partial charge is 0.0699 e. The molecule has 18 heavy (non-hydrogen) atoms. The summed E-state index contributed by atoms with van der Waals surface area (Å²) >= 11 is 0. The number of aromatic nitrogens is 2. The van der Waals surface area contributed by atoms with E-state index in [4.69, 9.17) is 4.74 Å². The largest absolute Gasteiger partial charge is 0.377 e. The van der Waals surface area contributed by atoms with Gasteiger partial charge in [-0.05, 0) is 45.6 Å². The highest BCUT2D eigenvalue weighted by molar-refractivity contribution is 5.00. The highest BCUT2D eigenvalue weighted by Gasteiger charge is 2.18. The van der Waals surface area contributed by atoms with Crippen LogP contribution in [-0.4, -0.2) is 35.1 Å². The third-order valence-electron chi connectivity index (χ3n) is 3.81. The second-order valence-corrected chi connectivity index (χ2v) is 5.42. The molecule has 3 atom stereocenters. The van der Waals surface area contributed by atoms with Crippen LogP contribution >= 0.6 is 0 Å². The summed E-state index contributed by atoms with van der Waals surface area (Å²) < 4.78 is 7.77. The lowest BCUT2D eigenvalue weighted by Crippen LogP contribution is -2.40. The third kappa shape index (κ3) is 3.56. The maximum Gasteiger partial charge on any atom is 0.0699 e. The van der Waals surface area contributed by atoms with Crippen LogP contribution in [0.5, 0.6) is 0 Å². The first-order valence-electron chi connectivity index (χ1n) is 7.02. The molecule has 0 unspecified atom stereocenters. The fourth-order valence-corrected chi connectivity index (χ4v) is 2.34. The van der Waals surface area contributed by atoms with Gasteiger partial charge in [-0.1, -0.05) is 0 Å². The number of nitrogens with zero attached hydrogens (tertiary/aromatic N) is 2. The summed E-state index contributed by atoms with van der Waals surface area (Å²) in [6, 6.07) is 0.761. The normalized spacial score (nSPS) is 23.8. The van der Waals surface area contributed by atoms with E-state index in [1.54, 1.807) is 0 Å². The van der Waals surface area contributed by atoms with Gasteiger partial charge in [-0.15, -0.1) is 0 Å². The lowest BCUT2D eigenvalue weighted by Gasteiger charge is -2.27. The van der Waals surface area contributed by atoms with Crippen molar-refractivity contribution in [1.29, 1.82) is 0 Å². The van der Waals surface area contributed by atoms with Gasteiger partial charge in [0.25, 0.3) is 0 Å². The summed E-state index contributed by atoms with van der Waals surface area (Å²) in [6.07, 6.45) is 8.11. The zero-order valence-corrected chi connectivity index (χ0v) is 11.7. The lowest BCUT2D eigenvalue weighted by atomic mass is 10.1. The fourth-order valence-electron chi connectivity index (χ4n) is 2.34. The SMILES string of the molecule is Cc1cnn([C@H](C)[C@H](C)NC[C@@H]2CCCCO2)c1. The number of nitrogens with one attached hydrogen (secondary N) is 1. The Balaban J connectivity index is 1.78. The first-order chi connectivity index (χ1) is 8.66. The molecule has 0 bridgehead atoms. The van der Waals surface area contributed by atoms with Crippen LogP contribution in [0.1, 0.15) is 44.7 Å². The van der Waals surface area contributed by atoms with Crippen LogP contribution < -0.4 is 5.32 Å². The Labute approximate surface area is 110 Å². The minimum Gasteiger partial charge on any atom is -0.377 e. The molecule has 1 aromatic rings. The van der Waals surface area contributed by atoms with E-state index in [9.17, 15) is 0 Å². The van der Waals surface area contributed by atoms with E-state index in [1.165, 1.54) is 24.8 Å². The monoisotopic (exact) mass is 251 g/mol. The van der Waals surface area contributed by atoms with Gasteiger partial charge in [-0.25, -0.2) is 0 Å². The van der Waals surface area contributed by atoms with Crippen molar-refractivity contribution in [2.45, 2.75) is 58.2 Å². The van der Waals surface area contributed by atoms with Gasteiger partial charge in [0, 0.05) is 25.4 Å². The molecule has 0 aromatic carbocycles. The minimum absolute atomic E-state index is 0.363. The number of aryl methyl sites for hydroxylation is 1. The molecule has 1 aromatic heterocycles. The molecule has 1 N–H and O–H groups in total. The van der Waals surface area contributed by atoms with Crippen LogP contribution in [0.25, 0.3) is 0 Å². The first kappa shape index (κ1) is 13.6. The molecule has 0 radical (unpaired) electrons. The van der Waals surface area contributed by atoms with Crippen LogP contribution in [0.15, 0.2) is 12.4 Å². The molecule has 0 spiro atoms. The summed E-state index contributed by atoms with van der Waals surface area (Å²) in [4.78, 5) is 0. The molecule has 0 saturated carbocycles. The van der Waals surface area contributed by atoms with Crippen molar-refractivity contribution in [2.24, 2.45) is 0 Å². The maximum atomic E-state index is 5.73. The highest BCUT2D eigenvalue weighted by Crippen LogP contribution is 2.14. The molecule has 2 heterocycles. The number of hydrogen-bond donors (Lipinski definition) is 1. The fraction of sp³-hybridized carbons (Fsp3) is 0.786. The van der Waals surface area contributed by atoms with E-state index in [0.717, 1.165) is 13.2 Å². The summed E-state index contributed by atoms with van der Waals surface area (Å²) in [6.45, 7) is 8.36. The Kier molecular flexibility index (Phi) is 4.78. The Hall–Kier alpha value is -0.870. The Bertz CT molecular complexity index is 358. The van der Waals surface area contributed by atoms with Crippen LogP contribution in [0.3, 0.4) is 0 Å². The zero-order chi connectivity index (χ0) is 13.0. The third-order valence-corrected chi connectivity index (χ3v) is 3.81. The van der Waals surface area contributed by atoms with Crippen LogP contribution in [-0.2, 0) is 4.74 Å². The molecular formula is C14H25N3O. The zero-order valence-electron chi connectivity index (χ0n) is 11.7. The van der Waals surface area contributed by atoms with E-state index in [2.05, 4.69) is 37.4 Å². The molecule has 0 amide bonds. The van der Waals surface area contributed by atoms with Gasteiger partial charge >= 0.3 is 0 Å². The van der Waals surface area contributed by atoms with Gasteiger partial charge in [-0.2, -0.15) is 5.10 Å². The Morgan fingerprint density at radius 2 is 2.33 bits per heavy atom. The molecule has 1 aliphatic rings.